The fraction of sp³-hybridized carbons (Fsp3) is 0. The van der Waals surface area contributed by atoms with Gasteiger partial charge >= 0.3 is 0 Å². The van der Waals surface area contributed by atoms with Crippen LogP contribution in [-0.4, -0.2) is 11.0 Å². The van der Waals surface area contributed by atoms with Gasteiger partial charge in [-0.3, -0.25) is 0 Å². The second kappa shape index (κ2) is 4.89. The maximum absolute atomic E-state index is 12.5. The molecular formula is C7H7Cl2FN2O. The molecule has 1 aromatic rings. The Hall–Kier alpha value is -1.00. The van der Waals surface area contributed by atoms with Crippen LogP contribution in [0.1, 0.15) is 5.56 Å². The molecule has 13 heavy (non-hydrogen) atoms. The van der Waals surface area contributed by atoms with Gasteiger partial charge in [-0.1, -0.05) is 16.8 Å². The van der Waals surface area contributed by atoms with Crippen LogP contribution in [0.2, 0.25) is 5.02 Å². The van der Waals surface area contributed by atoms with Gasteiger partial charge in [0.25, 0.3) is 0 Å². The first-order chi connectivity index (χ1) is 5.65. The predicted octanol–water partition coefficient (Wildman–Crippen LogP) is 2.00. The van der Waals surface area contributed by atoms with E-state index in [1.807, 2.05) is 0 Å². The topological polar surface area (TPSA) is 58.6 Å². The highest BCUT2D eigenvalue weighted by atomic mass is 35.5. The summed E-state index contributed by atoms with van der Waals surface area (Å²) < 4.78 is 12.5. The molecule has 1 rings (SSSR count). The lowest BCUT2D eigenvalue weighted by molar-refractivity contribution is 0.318. The van der Waals surface area contributed by atoms with Gasteiger partial charge in [-0.15, -0.1) is 12.4 Å². The molecule has 0 bridgehead atoms. The number of hydrogen-bond donors (Lipinski definition) is 2. The number of amidine groups is 1. The van der Waals surface area contributed by atoms with Crippen LogP contribution in [-0.2, 0) is 0 Å². The molecule has 0 unspecified atom stereocenters. The fourth-order valence-electron chi connectivity index (χ4n) is 0.751. The summed E-state index contributed by atoms with van der Waals surface area (Å²) in [7, 11) is 0. The normalized spacial score (nSPS) is 10.8. The first-order valence-corrected chi connectivity index (χ1v) is 3.46. The van der Waals surface area contributed by atoms with E-state index in [0.717, 1.165) is 6.07 Å². The Labute approximate surface area is 85.4 Å². The number of nitrogens with zero attached hydrogens (tertiary/aromatic N) is 1. The predicted molar refractivity (Wildman–Crippen MR) is 51.2 cm³/mol. The van der Waals surface area contributed by atoms with Gasteiger partial charge in [0.2, 0.25) is 0 Å². The van der Waals surface area contributed by atoms with Gasteiger partial charge in [0.05, 0.1) is 5.02 Å². The first-order valence-electron chi connectivity index (χ1n) is 3.08. The fourth-order valence-corrected chi connectivity index (χ4v) is 1.02. The minimum Gasteiger partial charge on any atom is -0.409 e. The molecule has 6 heteroatoms. The number of halogens is 3. The maximum atomic E-state index is 12.5. The summed E-state index contributed by atoms with van der Waals surface area (Å²) in [5.41, 5.74) is 5.54. The third-order valence-electron chi connectivity index (χ3n) is 1.31. The summed E-state index contributed by atoms with van der Waals surface area (Å²) in [4.78, 5) is 0. The van der Waals surface area contributed by atoms with E-state index >= 15 is 0 Å². The van der Waals surface area contributed by atoms with Crippen molar-refractivity contribution in [1.82, 2.24) is 0 Å². The van der Waals surface area contributed by atoms with Gasteiger partial charge in [-0.2, -0.15) is 0 Å². The molecule has 0 radical (unpaired) electrons. The quantitative estimate of drug-likeness (QED) is 0.332. The first kappa shape index (κ1) is 12.0. The molecule has 1 aromatic carbocycles. The molecular weight excluding hydrogens is 218 g/mol. The van der Waals surface area contributed by atoms with Crippen molar-refractivity contribution in [2.45, 2.75) is 0 Å². The number of oxime groups is 1. The van der Waals surface area contributed by atoms with Crippen molar-refractivity contribution in [3.05, 3.63) is 34.6 Å². The smallest absolute Gasteiger partial charge is 0.171 e. The molecule has 0 aliphatic heterocycles. The second-order valence-corrected chi connectivity index (χ2v) is 2.52. The Morgan fingerprint density at radius 1 is 1.54 bits per heavy atom. The molecule has 0 aliphatic rings. The Kier molecular flexibility index (Phi) is 4.51. The molecule has 0 fully saturated rings. The van der Waals surface area contributed by atoms with E-state index in [4.69, 9.17) is 22.5 Å². The largest absolute Gasteiger partial charge is 0.409 e. The van der Waals surface area contributed by atoms with Crippen molar-refractivity contribution < 1.29 is 9.60 Å². The summed E-state index contributed by atoms with van der Waals surface area (Å²) >= 11 is 5.59. The average Bonchev–Trinajstić information content (AvgIpc) is 2.03. The van der Waals surface area contributed by atoms with Crippen molar-refractivity contribution in [3.8, 4) is 0 Å². The van der Waals surface area contributed by atoms with Crippen LogP contribution >= 0.6 is 24.0 Å². The highest BCUT2D eigenvalue weighted by Crippen LogP contribution is 2.16. The molecule has 0 aromatic heterocycles. The summed E-state index contributed by atoms with van der Waals surface area (Å²) in [5.74, 6) is -0.602. The lowest BCUT2D eigenvalue weighted by Crippen LogP contribution is -2.13. The van der Waals surface area contributed by atoms with E-state index in [9.17, 15) is 4.39 Å². The van der Waals surface area contributed by atoms with Crippen LogP contribution in [0.15, 0.2) is 23.4 Å². The Bertz CT molecular complexity index is 330. The van der Waals surface area contributed by atoms with Gasteiger partial charge in [-0.05, 0) is 18.2 Å². The Balaban J connectivity index is 0.00000144. The lowest BCUT2D eigenvalue weighted by Gasteiger charge is -2.00. The molecule has 0 atom stereocenters. The molecule has 0 saturated carbocycles. The van der Waals surface area contributed by atoms with E-state index in [1.165, 1.54) is 12.1 Å². The highest BCUT2D eigenvalue weighted by Gasteiger charge is 2.05. The van der Waals surface area contributed by atoms with Crippen molar-refractivity contribution in [2.24, 2.45) is 10.9 Å². The van der Waals surface area contributed by atoms with Crippen molar-refractivity contribution >= 4 is 29.8 Å². The van der Waals surface area contributed by atoms with Crippen LogP contribution in [0.25, 0.3) is 0 Å². The minimum atomic E-state index is -0.463. The van der Waals surface area contributed by atoms with E-state index in [2.05, 4.69) is 5.16 Å². The molecule has 0 aliphatic carbocycles. The number of hydrogen-bond acceptors (Lipinski definition) is 2. The zero-order valence-corrected chi connectivity index (χ0v) is 7.94. The Morgan fingerprint density at radius 3 is 2.62 bits per heavy atom. The van der Waals surface area contributed by atoms with Crippen LogP contribution in [0.5, 0.6) is 0 Å². The van der Waals surface area contributed by atoms with Gasteiger partial charge in [0.1, 0.15) is 5.82 Å². The van der Waals surface area contributed by atoms with Crippen LogP contribution in [0, 0.1) is 5.82 Å². The molecule has 3 nitrogen and oxygen atoms in total. The average molecular weight is 225 g/mol. The summed E-state index contributed by atoms with van der Waals surface area (Å²) in [6.45, 7) is 0. The van der Waals surface area contributed by atoms with E-state index in [1.54, 1.807) is 0 Å². The van der Waals surface area contributed by atoms with Crippen LogP contribution in [0.4, 0.5) is 4.39 Å². The van der Waals surface area contributed by atoms with Crippen molar-refractivity contribution in [3.63, 3.8) is 0 Å². The number of rotatable bonds is 1. The molecule has 3 N–H and O–H groups in total. The zero-order chi connectivity index (χ0) is 9.14. The third-order valence-corrected chi connectivity index (χ3v) is 1.63. The number of nitrogens with two attached hydrogens (primary N) is 1. The summed E-state index contributed by atoms with van der Waals surface area (Å²) in [6, 6.07) is 3.61. The zero-order valence-electron chi connectivity index (χ0n) is 6.37. The molecule has 0 spiro atoms. The van der Waals surface area contributed by atoms with E-state index in [0.29, 0.717) is 5.56 Å². The van der Waals surface area contributed by atoms with E-state index < -0.39 is 5.82 Å². The van der Waals surface area contributed by atoms with Gasteiger partial charge in [-0.25, -0.2) is 4.39 Å². The van der Waals surface area contributed by atoms with Gasteiger partial charge < -0.3 is 10.9 Å². The standard InChI is InChI=1S/C7H6ClFN2O.ClH/c8-6-3-4(9)1-2-5(6)7(10)11-12;/h1-3,12H,(H2,10,11);1H. The Morgan fingerprint density at radius 2 is 2.15 bits per heavy atom. The summed E-state index contributed by atoms with van der Waals surface area (Å²) in [6.07, 6.45) is 0. The monoisotopic (exact) mass is 224 g/mol. The summed E-state index contributed by atoms with van der Waals surface area (Å²) in [5, 5.41) is 11.1. The van der Waals surface area contributed by atoms with Gasteiger partial charge in [0, 0.05) is 5.56 Å². The SMILES string of the molecule is Cl.N/C(=N\O)c1ccc(F)cc1Cl. The third kappa shape index (κ3) is 2.75. The second-order valence-electron chi connectivity index (χ2n) is 2.11. The van der Waals surface area contributed by atoms with Crippen molar-refractivity contribution in [1.29, 1.82) is 0 Å². The molecule has 0 saturated heterocycles. The van der Waals surface area contributed by atoms with Crippen LogP contribution < -0.4 is 5.73 Å². The molecule has 72 valence electrons. The highest BCUT2D eigenvalue weighted by molar-refractivity contribution is 6.34. The van der Waals surface area contributed by atoms with E-state index in [-0.39, 0.29) is 23.3 Å². The van der Waals surface area contributed by atoms with Crippen LogP contribution in [0.3, 0.4) is 0 Å². The van der Waals surface area contributed by atoms with Crippen molar-refractivity contribution in [2.75, 3.05) is 0 Å². The van der Waals surface area contributed by atoms with Gasteiger partial charge in [0.15, 0.2) is 5.84 Å². The molecule has 0 heterocycles. The molecule has 0 amide bonds. The number of benzene rings is 1. The minimum absolute atomic E-state index is 0. The maximum Gasteiger partial charge on any atom is 0.171 e. The lowest BCUT2D eigenvalue weighted by atomic mass is 10.2.